The van der Waals surface area contributed by atoms with E-state index < -0.39 is 28.4 Å². The van der Waals surface area contributed by atoms with Gasteiger partial charge in [0, 0.05) is 0 Å². The van der Waals surface area contributed by atoms with Crippen molar-refractivity contribution in [1.29, 1.82) is 0 Å². The van der Waals surface area contributed by atoms with E-state index >= 15 is 0 Å². The molecule has 0 aromatic rings. The van der Waals surface area contributed by atoms with E-state index in [9.17, 15) is 14.4 Å². The molecule has 0 aromatic heterocycles. The smallest absolute Gasteiger partial charge is 0.241 e. The number of carbonyl (C=O) groups is 3. The van der Waals surface area contributed by atoms with Crippen molar-refractivity contribution in [2.24, 2.45) is 11.5 Å². The largest absolute Gasteiger partial charge is 0.369 e. The van der Waals surface area contributed by atoms with Crippen LogP contribution in [0.3, 0.4) is 0 Å². The van der Waals surface area contributed by atoms with Gasteiger partial charge >= 0.3 is 0 Å². The van der Waals surface area contributed by atoms with E-state index in [2.05, 4.69) is 5.32 Å². The third kappa shape index (κ3) is 1.98. The van der Waals surface area contributed by atoms with Gasteiger partial charge in [0.25, 0.3) is 0 Å². The molecule has 1 heterocycles. The normalized spacial score (nSPS) is 32.1. The van der Waals surface area contributed by atoms with Crippen LogP contribution in [0.2, 0.25) is 0 Å². The maximum atomic E-state index is 11.2. The van der Waals surface area contributed by atoms with E-state index in [0.29, 0.717) is 0 Å². The van der Waals surface area contributed by atoms with Gasteiger partial charge in [0.2, 0.25) is 17.7 Å². The SMILES string of the molecule is CC1SC(C(N)=O)C(C(N)=O)NC1=O. The van der Waals surface area contributed by atoms with Crippen LogP contribution in [0.5, 0.6) is 0 Å². The second-order valence-electron chi connectivity index (χ2n) is 2.99. The Labute approximate surface area is 84.8 Å². The highest BCUT2D eigenvalue weighted by molar-refractivity contribution is 8.02. The van der Waals surface area contributed by atoms with Gasteiger partial charge in [-0.05, 0) is 6.92 Å². The molecule has 7 heteroatoms. The summed E-state index contributed by atoms with van der Waals surface area (Å²) in [6, 6.07) is -0.999. The van der Waals surface area contributed by atoms with E-state index in [1.54, 1.807) is 6.92 Å². The molecular weight excluding hydrogens is 206 g/mol. The molecule has 78 valence electrons. The molecule has 0 radical (unpaired) electrons. The van der Waals surface area contributed by atoms with E-state index in [1.807, 2.05) is 0 Å². The van der Waals surface area contributed by atoms with Crippen molar-refractivity contribution in [3.05, 3.63) is 0 Å². The summed E-state index contributed by atoms with van der Waals surface area (Å²) >= 11 is 1.05. The first-order valence-corrected chi connectivity index (χ1v) is 4.92. The quantitative estimate of drug-likeness (QED) is 0.493. The second-order valence-corrected chi connectivity index (χ2v) is 4.48. The molecule has 1 aliphatic heterocycles. The van der Waals surface area contributed by atoms with Crippen LogP contribution in [0.4, 0.5) is 0 Å². The van der Waals surface area contributed by atoms with Gasteiger partial charge < -0.3 is 16.8 Å². The Bertz CT molecular complexity index is 294. The summed E-state index contributed by atoms with van der Waals surface area (Å²) in [4.78, 5) is 33.1. The number of rotatable bonds is 2. The molecule has 5 N–H and O–H groups in total. The van der Waals surface area contributed by atoms with Gasteiger partial charge in [-0.3, -0.25) is 14.4 Å². The number of primary amides is 2. The van der Waals surface area contributed by atoms with E-state index in [1.165, 1.54) is 0 Å². The van der Waals surface area contributed by atoms with Crippen LogP contribution in [-0.4, -0.2) is 34.3 Å². The average Bonchev–Trinajstić information content (AvgIpc) is 2.08. The Kier molecular flexibility index (Phi) is 3.00. The highest BCUT2D eigenvalue weighted by Crippen LogP contribution is 2.25. The Balaban J connectivity index is 2.85. The predicted molar refractivity (Wildman–Crippen MR) is 51.2 cm³/mol. The van der Waals surface area contributed by atoms with Crippen LogP contribution in [0.15, 0.2) is 0 Å². The minimum Gasteiger partial charge on any atom is -0.369 e. The molecule has 3 atom stereocenters. The molecule has 1 rings (SSSR count). The highest BCUT2D eigenvalue weighted by atomic mass is 32.2. The lowest BCUT2D eigenvalue weighted by Crippen LogP contribution is -2.60. The van der Waals surface area contributed by atoms with E-state index in [0.717, 1.165) is 11.8 Å². The summed E-state index contributed by atoms with van der Waals surface area (Å²) in [5.41, 5.74) is 10.1. The first-order chi connectivity index (χ1) is 6.43. The van der Waals surface area contributed by atoms with Gasteiger partial charge in [-0.2, -0.15) is 0 Å². The minimum absolute atomic E-state index is 0.309. The fourth-order valence-electron chi connectivity index (χ4n) is 1.16. The Hall–Kier alpha value is -1.24. The lowest BCUT2D eigenvalue weighted by atomic mass is 10.1. The molecule has 0 saturated carbocycles. The molecular formula is C7H11N3O3S. The molecule has 0 bridgehead atoms. The van der Waals surface area contributed by atoms with Crippen molar-refractivity contribution in [3.63, 3.8) is 0 Å². The standard InChI is InChI=1S/C7H11N3O3S/c1-2-7(13)10-3(5(8)11)4(14-2)6(9)12/h2-4H,1H3,(H2,8,11)(H2,9,12)(H,10,13). The van der Waals surface area contributed by atoms with Gasteiger partial charge in [-0.15, -0.1) is 11.8 Å². The maximum absolute atomic E-state index is 11.2. The molecule has 0 spiro atoms. The fourth-order valence-corrected chi connectivity index (χ4v) is 2.28. The van der Waals surface area contributed by atoms with Crippen LogP contribution in [-0.2, 0) is 14.4 Å². The average molecular weight is 217 g/mol. The lowest BCUT2D eigenvalue weighted by Gasteiger charge is -2.30. The molecule has 6 nitrogen and oxygen atoms in total. The molecule has 3 amide bonds. The predicted octanol–water partition coefficient (Wildman–Crippen LogP) is -2.05. The number of thioether (sulfide) groups is 1. The van der Waals surface area contributed by atoms with Crippen molar-refractivity contribution >= 4 is 29.5 Å². The number of nitrogens with two attached hydrogens (primary N) is 2. The molecule has 14 heavy (non-hydrogen) atoms. The van der Waals surface area contributed by atoms with Crippen LogP contribution >= 0.6 is 11.8 Å². The van der Waals surface area contributed by atoms with Gasteiger partial charge in [-0.1, -0.05) is 0 Å². The van der Waals surface area contributed by atoms with Crippen LogP contribution in [0.25, 0.3) is 0 Å². The maximum Gasteiger partial charge on any atom is 0.241 e. The van der Waals surface area contributed by atoms with Crippen LogP contribution < -0.4 is 16.8 Å². The molecule has 1 aliphatic rings. The summed E-state index contributed by atoms with van der Waals surface area (Å²) in [5, 5.41) is 1.18. The monoisotopic (exact) mass is 217 g/mol. The molecule has 0 aromatic carbocycles. The zero-order chi connectivity index (χ0) is 10.9. The summed E-state index contributed by atoms with van der Waals surface area (Å²) in [7, 11) is 0. The topological polar surface area (TPSA) is 115 Å². The molecule has 1 fully saturated rings. The van der Waals surface area contributed by atoms with Crippen molar-refractivity contribution in [1.82, 2.24) is 5.32 Å². The van der Waals surface area contributed by atoms with Crippen molar-refractivity contribution in [2.75, 3.05) is 0 Å². The number of hydrogen-bond acceptors (Lipinski definition) is 4. The third-order valence-electron chi connectivity index (χ3n) is 1.91. The highest BCUT2D eigenvalue weighted by Gasteiger charge is 2.40. The fraction of sp³-hybridized carbons (Fsp3) is 0.571. The van der Waals surface area contributed by atoms with Crippen molar-refractivity contribution < 1.29 is 14.4 Å². The van der Waals surface area contributed by atoms with Crippen LogP contribution in [0, 0.1) is 0 Å². The number of amides is 3. The summed E-state index contributed by atoms with van der Waals surface area (Å²) in [5.74, 6) is -1.71. The summed E-state index contributed by atoms with van der Waals surface area (Å²) in [6.45, 7) is 1.63. The van der Waals surface area contributed by atoms with Gasteiger partial charge in [-0.25, -0.2) is 0 Å². The Morgan fingerprint density at radius 1 is 1.36 bits per heavy atom. The first-order valence-electron chi connectivity index (χ1n) is 3.98. The Morgan fingerprint density at radius 3 is 2.36 bits per heavy atom. The molecule has 1 saturated heterocycles. The second kappa shape index (κ2) is 3.87. The van der Waals surface area contributed by atoms with Gasteiger partial charge in [0.1, 0.15) is 11.3 Å². The van der Waals surface area contributed by atoms with E-state index in [-0.39, 0.29) is 5.91 Å². The first kappa shape index (κ1) is 10.8. The van der Waals surface area contributed by atoms with E-state index in [4.69, 9.17) is 11.5 Å². The number of nitrogens with one attached hydrogen (secondary N) is 1. The zero-order valence-corrected chi connectivity index (χ0v) is 8.34. The number of carbonyl (C=O) groups excluding carboxylic acids is 3. The minimum atomic E-state index is -0.999. The van der Waals surface area contributed by atoms with Crippen molar-refractivity contribution in [3.8, 4) is 0 Å². The third-order valence-corrected chi connectivity index (χ3v) is 3.33. The van der Waals surface area contributed by atoms with Gasteiger partial charge in [0.15, 0.2) is 0 Å². The lowest BCUT2D eigenvalue weighted by molar-refractivity contribution is -0.129. The van der Waals surface area contributed by atoms with Crippen LogP contribution in [0.1, 0.15) is 6.92 Å². The molecule has 0 aliphatic carbocycles. The Morgan fingerprint density at radius 2 is 1.93 bits per heavy atom. The zero-order valence-electron chi connectivity index (χ0n) is 7.52. The van der Waals surface area contributed by atoms with Gasteiger partial charge in [0.05, 0.1) is 5.25 Å². The summed E-state index contributed by atoms with van der Waals surface area (Å²) in [6.07, 6.45) is 0. The summed E-state index contributed by atoms with van der Waals surface area (Å²) < 4.78 is 0. The molecule has 3 unspecified atom stereocenters. The van der Waals surface area contributed by atoms with Crippen molar-refractivity contribution in [2.45, 2.75) is 23.5 Å². The number of hydrogen-bond donors (Lipinski definition) is 3.